The Morgan fingerprint density at radius 1 is 0.978 bits per heavy atom. The van der Waals surface area contributed by atoms with Crippen molar-refractivity contribution in [3.05, 3.63) is 90.3 Å². The largest absolute Gasteiger partial charge is 0.457 e. The van der Waals surface area contributed by atoms with Gasteiger partial charge in [0.05, 0.1) is 11.0 Å². The van der Waals surface area contributed by atoms with Crippen LogP contribution in [0.4, 0.5) is 16.0 Å². The number of aryl methyl sites for hydroxylation is 2. The minimum Gasteiger partial charge on any atom is -0.457 e. The summed E-state index contributed by atoms with van der Waals surface area (Å²) in [5.74, 6) is 1.02. The van der Waals surface area contributed by atoms with Crippen molar-refractivity contribution in [2.75, 3.05) is 18.4 Å². The van der Waals surface area contributed by atoms with E-state index in [4.69, 9.17) is 9.72 Å². The minimum atomic E-state index is -0.516. The molecule has 0 saturated carbocycles. The number of amides is 1. The number of likely N-dealkylation sites (tertiary alicyclic amines) is 1. The number of nitrogens with one attached hydrogen (secondary N) is 2. The minimum absolute atomic E-state index is 0.220. The highest BCUT2D eigenvalue weighted by molar-refractivity contribution is 5.92. The molecule has 0 aliphatic carbocycles. The van der Waals surface area contributed by atoms with Crippen LogP contribution in [0, 0.1) is 12.9 Å². The van der Waals surface area contributed by atoms with Crippen LogP contribution < -0.4 is 15.4 Å². The molecule has 2 aromatic carbocycles. The van der Waals surface area contributed by atoms with Crippen LogP contribution in [0.3, 0.4) is 0 Å². The lowest BCUT2D eigenvalue weighted by Gasteiger charge is -2.39. The number of rotatable bonds is 9. The fourth-order valence-corrected chi connectivity index (χ4v) is 6.10. The van der Waals surface area contributed by atoms with Crippen molar-refractivity contribution >= 4 is 28.6 Å². The third-order valence-electron chi connectivity index (χ3n) is 8.61. The van der Waals surface area contributed by atoms with Gasteiger partial charge in [0.15, 0.2) is 0 Å². The number of carbonyl (C=O) groups is 1. The van der Waals surface area contributed by atoms with Gasteiger partial charge in [-0.2, -0.15) is 4.39 Å². The SMILES string of the molecule is Cc1ccc(Nc2nc3cc(Oc4ccnc(C(=O)NCCN5C(C)CCCC5C)c4)ccc3n2C)cc1-c1ccnc(F)c1. The van der Waals surface area contributed by atoms with E-state index in [0.29, 0.717) is 41.8 Å². The van der Waals surface area contributed by atoms with E-state index < -0.39 is 5.95 Å². The third-order valence-corrected chi connectivity index (χ3v) is 8.61. The molecule has 6 rings (SSSR count). The van der Waals surface area contributed by atoms with Gasteiger partial charge < -0.3 is 19.9 Å². The van der Waals surface area contributed by atoms with Crippen molar-refractivity contribution in [1.82, 2.24) is 29.7 Å². The molecule has 1 aliphatic rings. The number of piperidine rings is 1. The molecule has 4 heterocycles. The molecule has 232 valence electrons. The molecule has 2 N–H and O–H groups in total. The molecule has 1 saturated heterocycles. The lowest BCUT2D eigenvalue weighted by Crippen LogP contribution is -2.47. The van der Waals surface area contributed by atoms with Crippen molar-refractivity contribution in [3.8, 4) is 22.6 Å². The van der Waals surface area contributed by atoms with Crippen LogP contribution in [0.25, 0.3) is 22.2 Å². The number of carbonyl (C=O) groups excluding carboxylic acids is 1. The topological polar surface area (TPSA) is 97.2 Å². The smallest absolute Gasteiger partial charge is 0.270 e. The van der Waals surface area contributed by atoms with Gasteiger partial charge in [0, 0.05) is 68.5 Å². The Balaban J connectivity index is 1.13. The van der Waals surface area contributed by atoms with E-state index in [2.05, 4.69) is 39.3 Å². The fraction of sp³-hybridized carbons (Fsp3) is 0.314. The molecular weight excluding hydrogens is 569 g/mol. The Hall–Kier alpha value is -4.83. The number of halogens is 1. The van der Waals surface area contributed by atoms with Crippen LogP contribution >= 0.6 is 0 Å². The maximum atomic E-state index is 13.8. The molecular formula is C35H38FN7O2. The number of hydrogen-bond donors (Lipinski definition) is 2. The van der Waals surface area contributed by atoms with Crippen molar-refractivity contribution in [2.45, 2.75) is 52.1 Å². The first-order valence-electron chi connectivity index (χ1n) is 15.4. The molecule has 9 nitrogen and oxygen atoms in total. The summed E-state index contributed by atoms with van der Waals surface area (Å²) >= 11 is 0. The van der Waals surface area contributed by atoms with E-state index in [9.17, 15) is 9.18 Å². The summed E-state index contributed by atoms with van der Waals surface area (Å²) in [6.45, 7) is 7.89. The van der Waals surface area contributed by atoms with Gasteiger partial charge in [0.1, 0.15) is 17.2 Å². The van der Waals surface area contributed by atoms with E-state index in [0.717, 1.165) is 40.0 Å². The Morgan fingerprint density at radius 2 is 1.76 bits per heavy atom. The van der Waals surface area contributed by atoms with E-state index >= 15 is 0 Å². The second kappa shape index (κ2) is 13.0. The predicted octanol–water partition coefficient (Wildman–Crippen LogP) is 7.01. The normalized spacial score (nSPS) is 16.9. The van der Waals surface area contributed by atoms with Crippen molar-refractivity contribution in [2.24, 2.45) is 7.05 Å². The first-order chi connectivity index (χ1) is 21.7. The lowest BCUT2D eigenvalue weighted by molar-refractivity contribution is 0.0885. The summed E-state index contributed by atoms with van der Waals surface area (Å²) in [4.78, 5) is 28.1. The molecule has 0 bridgehead atoms. The molecule has 45 heavy (non-hydrogen) atoms. The Kier molecular flexibility index (Phi) is 8.75. The zero-order chi connectivity index (χ0) is 31.5. The number of fused-ring (bicyclic) bond motifs is 1. The van der Waals surface area contributed by atoms with Gasteiger partial charge in [-0.15, -0.1) is 0 Å². The zero-order valence-corrected chi connectivity index (χ0v) is 26.0. The van der Waals surface area contributed by atoms with Crippen molar-refractivity contribution < 1.29 is 13.9 Å². The summed E-state index contributed by atoms with van der Waals surface area (Å²) in [7, 11) is 1.94. The summed E-state index contributed by atoms with van der Waals surface area (Å²) in [5, 5.41) is 6.40. The molecule has 0 spiro atoms. The van der Waals surface area contributed by atoms with Gasteiger partial charge in [0.2, 0.25) is 11.9 Å². The number of imidazole rings is 1. The molecule has 1 amide bonds. The van der Waals surface area contributed by atoms with E-state index in [-0.39, 0.29) is 5.91 Å². The maximum Gasteiger partial charge on any atom is 0.270 e. The molecule has 3 aromatic heterocycles. The molecule has 10 heteroatoms. The highest BCUT2D eigenvalue weighted by Crippen LogP contribution is 2.31. The summed E-state index contributed by atoms with van der Waals surface area (Å²) < 4.78 is 21.9. The monoisotopic (exact) mass is 607 g/mol. The summed E-state index contributed by atoms with van der Waals surface area (Å²) in [6.07, 6.45) is 6.71. The number of ether oxygens (including phenoxy) is 1. The number of hydrogen-bond acceptors (Lipinski definition) is 7. The van der Waals surface area contributed by atoms with E-state index in [1.807, 2.05) is 54.9 Å². The molecule has 5 aromatic rings. The summed E-state index contributed by atoms with van der Waals surface area (Å²) in [5.41, 5.74) is 5.49. The Morgan fingerprint density at radius 3 is 2.56 bits per heavy atom. The van der Waals surface area contributed by atoms with Crippen molar-refractivity contribution in [3.63, 3.8) is 0 Å². The number of anilines is 2. The number of aromatic nitrogens is 4. The van der Waals surface area contributed by atoms with Crippen LogP contribution in [0.5, 0.6) is 11.5 Å². The third kappa shape index (κ3) is 6.81. The Labute approximate surface area is 262 Å². The van der Waals surface area contributed by atoms with E-state index in [1.165, 1.54) is 31.5 Å². The van der Waals surface area contributed by atoms with Crippen LogP contribution in [0.2, 0.25) is 0 Å². The van der Waals surface area contributed by atoms with Crippen LogP contribution in [0.15, 0.2) is 73.1 Å². The highest BCUT2D eigenvalue weighted by Gasteiger charge is 2.24. The van der Waals surface area contributed by atoms with Crippen LogP contribution in [-0.2, 0) is 7.05 Å². The fourth-order valence-electron chi connectivity index (χ4n) is 6.10. The van der Waals surface area contributed by atoms with Gasteiger partial charge in [-0.1, -0.05) is 12.5 Å². The quantitative estimate of drug-likeness (QED) is 0.174. The number of benzene rings is 2. The van der Waals surface area contributed by atoms with Gasteiger partial charge in [-0.3, -0.25) is 14.7 Å². The second-order valence-corrected chi connectivity index (χ2v) is 11.8. The standard InChI is InChI=1S/C35H38FN7O2/c1-22-8-9-26(19-29(22)25-12-14-38-33(36)18-25)40-35-41-30-20-27(10-11-32(30)42(35)4)45-28-13-15-37-31(21-28)34(44)39-16-17-43-23(2)6-5-7-24(43)3/h8-15,18-21,23-24H,5-7,16-17H2,1-4H3,(H,39,44)(H,40,41). The molecule has 1 fully saturated rings. The average molecular weight is 608 g/mol. The first-order valence-corrected chi connectivity index (χ1v) is 15.4. The van der Waals surface area contributed by atoms with Gasteiger partial charge in [-0.05, 0) is 86.7 Å². The maximum absolute atomic E-state index is 13.8. The number of nitrogens with zero attached hydrogens (tertiary/aromatic N) is 5. The Bertz CT molecular complexity index is 1830. The molecule has 2 atom stereocenters. The first kappa shape index (κ1) is 30.2. The lowest BCUT2D eigenvalue weighted by atomic mass is 9.98. The predicted molar refractivity (Wildman–Crippen MR) is 174 cm³/mol. The second-order valence-electron chi connectivity index (χ2n) is 11.8. The number of pyridine rings is 2. The summed E-state index contributed by atoms with van der Waals surface area (Å²) in [6, 6.07) is 19.3. The van der Waals surface area contributed by atoms with Gasteiger partial charge >= 0.3 is 0 Å². The van der Waals surface area contributed by atoms with E-state index in [1.54, 1.807) is 24.4 Å². The van der Waals surface area contributed by atoms with Gasteiger partial charge in [0.25, 0.3) is 5.91 Å². The molecule has 1 aliphatic heterocycles. The highest BCUT2D eigenvalue weighted by atomic mass is 19.1. The average Bonchev–Trinajstić information content (AvgIpc) is 3.33. The van der Waals surface area contributed by atoms with Crippen LogP contribution in [0.1, 0.15) is 49.2 Å². The zero-order valence-electron chi connectivity index (χ0n) is 26.0. The molecule has 2 unspecified atom stereocenters. The van der Waals surface area contributed by atoms with Crippen LogP contribution in [-0.4, -0.2) is 55.5 Å². The van der Waals surface area contributed by atoms with Crippen molar-refractivity contribution in [1.29, 1.82) is 0 Å². The van der Waals surface area contributed by atoms with Gasteiger partial charge in [-0.25, -0.2) is 9.97 Å². The molecule has 0 radical (unpaired) electrons.